The number of ether oxygens (including phenoxy) is 1. The molecule has 1 aliphatic heterocycles. The van der Waals surface area contributed by atoms with Crippen LogP contribution in [0.3, 0.4) is 0 Å². The zero-order valence-electron chi connectivity index (χ0n) is 11.9. The van der Waals surface area contributed by atoms with Crippen LogP contribution in [0.4, 0.5) is 0 Å². The summed E-state index contributed by atoms with van der Waals surface area (Å²) in [6.45, 7) is 2.69. The third kappa shape index (κ3) is 4.64. The molecule has 1 aromatic carbocycles. The number of hydrogen-bond acceptors (Lipinski definition) is 5. The van der Waals surface area contributed by atoms with Gasteiger partial charge in [-0.05, 0) is 31.0 Å². The fourth-order valence-corrected chi connectivity index (χ4v) is 2.73. The summed E-state index contributed by atoms with van der Waals surface area (Å²) in [5.74, 6) is 0.923. The van der Waals surface area contributed by atoms with Gasteiger partial charge in [0.1, 0.15) is 23.4 Å². The van der Waals surface area contributed by atoms with Gasteiger partial charge in [-0.1, -0.05) is 24.4 Å². The molecule has 0 aliphatic carbocycles. The van der Waals surface area contributed by atoms with E-state index in [1.54, 1.807) is 12.1 Å². The number of rotatable bonds is 7. The molecule has 0 spiro atoms. The van der Waals surface area contributed by atoms with E-state index in [2.05, 4.69) is 4.90 Å². The largest absolute Gasteiger partial charge is 0.490 e. The monoisotopic (exact) mass is 310 g/mol. The molecule has 0 amide bonds. The predicted octanol–water partition coefficient (Wildman–Crippen LogP) is 0.375. The Hall–Kier alpha value is -1.21. The molecule has 1 saturated heterocycles. The van der Waals surface area contributed by atoms with Gasteiger partial charge < -0.3 is 25.6 Å². The van der Waals surface area contributed by atoms with E-state index in [1.807, 2.05) is 12.1 Å². The number of nitrogens with zero attached hydrogens (tertiary/aromatic N) is 1. The standard InChI is InChI=1S/C15H22N2O3S/c16-15(21)13-3-1-2-4-14(13)20-10-12(19)8-17-6-5-11(7-17)9-18/h1-4,11-12,18-19H,5-10H2,(H2,16,21). The van der Waals surface area contributed by atoms with Gasteiger partial charge in [0.25, 0.3) is 0 Å². The van der Waals surface area contributed by atoms with Crippen LogP contribution in [0.5, 0.6) is 5.75 Å². The third-order valence-corrected chi connectivity index (χ3v) is 3.90. The van der Waals surface area contributed by atoms with Crippen LogP contribution in [0.1, 0.15) is 12.0 Å². The van der Waals surface area contributed by atoms with Gasteiger partial charge >= 0.3 is 0 Å². The SMILES string of the molecule is NC(=S)c1ccccc1OCC(O)CN1CCC(CO)C1. The van der Waals surface area contributed by atoms with Gasteiger partial charge in [0.15, 0.2) is 0 Å². The minimum absolute atomic E-state index is 0.194. The fraction of sp³-hybridized carbons (Fsp3) is 0.533. The Labute approximate surface area is 130 Å². The summed E-state index contributed by atoms with van der Waals surface area (Å²) < 4.78 is 5.63. The highest BCUT2D eigenvalue weighted by atomic mass is 32.1. The van der Waals surface area contributed by atoms with E-state index >= 15 is 0 Å². The maximum absolute atomic E-state index is 10.1. The molecule has 0 saturated carbocycles. The van der Waals surface area contributed by atoms with Crippen molar-refractivity contribution in [3.8, 4) is 5.75 Å². The first-order chi connectivity index (χ1) is 10.1. The number of hydrogen-bond donors (Lipinski definition) is 3. The number of aliphatic hydroxyl groups excluding tert-OH is 2. The molecule has 1 heterocycles. The highest BCUT2D eigenvalue weighted by molar-refractivity contribution is 7.80. The van der Waals surface area contributed by atoms with Gasteiger partial charge in [-0.3, -0.25) is 0 Å². The molecule has 0 aromatic heterocycles. The van der Waals surface area contributed by atoms with Crippen LogP contribution < -0.4 is 10.5 Å². The number of likely N-dealkylation sites (tertiary alicyclic amines) is 1. The van der Waals surface area contributed by atoms with Gasteiger partial charge in [-0.15, -0.1) is 0 Å². The number of para-hydroxylation sites is 1. The summed E-state index contributed by atoms with van der Waals surface area (Å²) in [6.07, 6.45) is 0.399. The summed E-state index contributed by atoms with van der Waals surface area (Å²) >= 11 is 4.97. The molecule has 1 fully saturated rings. The van der Waals surface area contributed by atoms with Crippen molar-refractivity contribution in [1.82, 2.24) is 4.90 Å². The van der Waals surface area contributed by atoms with Gasteiger partial charge in [0.2, 0.25) is 0 Å². The Morgan fingerprint density at radius 1 is 1.48 bits per heavy atom. The average molecular weight is 310 g/mol. The zero-order chi connectivity index (χ0) is 15.2. The van der Waals surface area contributed by atoms with Crippen LogP contribution in [-0.4, -0.2) is 59.1 Å². The van der Waals surface area contributed by atoms with Crippen molar-refractivity contribution in [3.63, 3.8) is 0 Å². The Morgan fingerprint density at radius 3 is 2.90 bits per heavy atom. The van der Waals surface area contributed by atoms with Crippen LogP contribution >= 0.6 is 12.2 Å². The summed E-state index contributed by atoms with van der Waals surface area (Å²) in [5, 5.41) is 19.2. The highest BCUT2D eigenvalue weighted by Crippen LogP contribution is 2.19. The van der Waals surface area contributed by atoms with Crippen molar-refractivity contribution in [2.75, 3.05) is 32.8 Å². The Kier molecular flexibility index (Phi) is 5.93. The lowest BCUT2D eigenvalue weighted by atomic mass is 10.1. The minimum atomic E-state index is -0.582. The summed E-state index contributed by atoms with van der Waals surface area (Å²) in [4.78, 5) is 2.43. The maximum atomic E-state index is 10.1. The molecule has 5 nitrogen and oxygen atoms in total. The van der Waals surface area contributed by atoms with E-state index in [-0.39, 0.29) is 18.2 Å². The smallest absolute Gasteiger partial charge is 0.129 e. The number of β-amino-alcohol motifs (C(OH)–C–C–N with tert-alkyl or cyclic N) is 1. The molecule has 1 aromatic rings. The molecular weight excluding hydrogens is 288 g/mol. The van der Waals surface area contributed by atoms with Crippen molar-refractivity contribution in [2.24, 2.45) is 11.7 Å². The molecule has 6 heteroatoms. The van der Waals surface area contributed by atoms with Crippen molar-refractivity contribution >= 4 is 17.2 Å². The van der Waals surface area contributed by atoms with Crippen molar-refractivity contribution in [2.45, 2.75) is 12.5 Å². The molecular formula is C15H22N2O3S. The molecule has 2 rings (SSSR count). The van der Waals surface area contributed by atoms with Crippen molar-refractivity contribution in [1.29, 1.82) is 0 Å². The Bertz CT molecular complexity index is 484. The summed E-state index contributed by atoms with van der Waals surface area (Å²) in [7, 11) is 0. The van der Waals surface area contributed by atoms with E-state index in [9.17, 15) is 5.11 Å². The lowest BCUT2D eigenvalue weighted by Gasteiger charge is -2.20. The average Bonchev–Trinajstić information content (AvgIpc) is 2.93. The molecule has 21 heavy (non-hydrogen) atoms. The molecule has 0 radical (unpaired) electrons. The van der Waals surface area contributed by atoms with E-state index in [1.165, 1.54) is 0 Å². The molecule has 4 N–H and O–H groups in total. The fourth-order valence-electron chi connectivity index (χ4n) is 2.56. The second kappa shape index (κ2) is 7.70. The Morgan fingerprint density at radius 2 is 2.24 bits per heavy atom. The van der Waals surface area contributed by atoms with Crippen LogP contribution in [0, 0.1) is 5.92 Å². The second-order valence-corrected chi connectivity index (χ2v) is 5.86. The number of benzene rings is 1. The molecule has 2 atom stereocenters. The first-order valence-electron chi connectivity index (χ1n) is 7.13. The first kappa shape index (κ1) is 16.2. The molecule has 1 aliphatic rings. The molecule has 116 valence electrons. The van der Waals surface area contributed by atoms with E-state index in [0.717, 1.165) is 19.5 Å². The summed E-state index contributed by atoms with van der Waals surface area (Å²) in [5.41, 5.74) is 6.32. The van der Waals surface area contributed by atoms with Gasteiger partial charge in [0.05, 0.1) is 5.56 Å². The van der Waals surface area contributed by atoms with Crippen LogP contribution in [0.15, 0.2) is 24.3 Å². The van der Waals surface area contributed by atoms with Gasteiger partial charge in [-0.25, -0.2) is 0 Å². The normalized spacial score (nSPS) is 20.4. The Balaban J connectivity index is 1.82. The first-order valence-corrected chi connectivity index (χ1v) is 7.54. The molecule has 2 unspecified atom stereocenters. The lowest BCUT2D eigenvalue weighted by molar-refractivity contribution is 0.0734. The second-order valence-electron chi connectivity index (χ2n) is 5.42. The van der Waals surface area contributed by atoms with Crippen molar-refractivity contribution in [3.05, 3.63) is 29.8 Å². The maximum Gasteiger partial charge on any atom is 0.129 e. The number of nitrogens with two attached hydrogens (primary N) is 1. The highest BCUT2D eigenvalue weighted by Gasteiger charge is 2.23. The van der Waals surface area contributed by atoms with Crippen molar-refractivity contribution < 1.29 is 14.9 Å². The minimum Gasteiger partial charge on any atom is -0.490 e. The van der Waals surface area contributed by atoms with Crippen LogP contribution in [0.25, 0.3) is 0 Å². The van der Waals surface area contributed by atoms with Crippen LogP contribution in [0.2, 0.25) is 0 Å². The van der Waals surface area contributed by atoms with Gasteiger partial charge in [-0.2, -0.15) is 0 Å². The molecule has 0 bridgehead atoms. The quantitative estimate of drug-likeness (QED) is 0.632. The van der Waals surface area contributed by atoms with Gasteiger partial charge in [0, 0.05) is 19.7 Å². The van der Waals surface area contributed by atoms with E-state index < -0.39 is 6.10 Å². The van der Waals surface area contributed by atoms with E-state index in [4.69, 9.17) is 27.8 Å². The number of thiocarbonyl (C=S) groups is 1. The zero-order valence-corrected chi connectivity index (χ0v) is 12.8. The number of aliphatic hydroxyl groups is 2. The predicted molar refractivity (Wildman–Crippen MR) is 85.5 cm³/mol. The van der Waals surface area contributed by atoms with E-state index in [0.29, 0.717) is 23.8 Å². The van der Waals surface area contributed by atoms with Crippen LogP contribution in [-0.2, 0) is 0 Å². The third-order valence-electron chi connectivity index (χ3n) is 3.68. The topological polar surface area (TPSA) is 79.0 Å². The summed E-state index contributed by atoms with van der Waals surface area (Å²) in [6, 6.07) is 7.28. The lowest BCUT2D eigenvalue weighted by Crippen LogP contribution is -2.34.